The lowest BCUT2D eigenvalue weighted by atomic mass is 10.1. The minimum Gasteiger partial charge on any atom is -0.496 e. The Morgan fingerprint density at radius 1 is 1.16 bits per heavy atom. The molecule has 1 aliphatic heterocycles. The summed E-state index contributed by atoms with van der Waals surface area (Å²) >= 11 is 0. The molecule has 0 radical (unpaired) electrons. The second-order valence-corrected chi connectivity index (χ2v) is 5.36. The standard InChI is InChI=1S/C19H16N2O4/c1-25-16-10-6-5-9-14(16)11-15-19(24)21(12-17(22)23)18(20-15)13-7-3-2-4-8-13/h2-11H,12H2,1H3,(H,22,23)/b15-11+. The van der Waals surface area contributed by atoms with Crippen molar-refractivity contribution in [1.82, 2.24) is 4.90 Å². The number of amides is 1. The number of rotatable bonds is 5. The molecule has 6 heteroatoms. The quantitative estimate of drug-likeness (QED) is 0.851. The Kier molecular flexibility index (Phi) is 4.61. The number of methoxy groups -OCH3 is 1. The number of aliphatic imine (C=N–C) groups is 1. The highest BCUT2D eigenvalue weighted by Crippen LogP contribution is 2.25. The first kappa shape index (κ1) is 16.4. The normalized spacial score (nSPS) is 15.4. The van der Waals surface area contributed by atoms with Gasteiger partial charge in [0.1, 0.15) is 23.8 Å². The number of amidine groups is 1. The monoisotopic (exact) mass is 336 g/mol. The minimum absolute atomic E-state index is 0.171. The Bertz CT molecular complexity index is 872. The molecule has 0 aliphatic carbocycles. The Hall–Kier alpha value is -3.41. The molecule has 0 saturated carbocycles. The van der Waals surface area contributed by atoms with Gasteiger partial charge < -0.3 is 9.84 Å². The average molecular weight is 336 g/mol. The molecule has 0 bridgehead atoms. The van der Waals surface area contributed by atoms with E-state index in [1.165, 1.54) is 4.90 Å². The number of para-hydroxylation sites is 1. The van der Waals surface area contributed by atoms with E-state index >= 15 is 0 Å². The zero-order valence-electron chi connectivity index (χ0n) is 13.5. The fraction of sp³-hybridized carbons (Fsp3) is 0.105. The van der Waals surface area contributed by atoms with E-state index in [4.69, 9.17) is 9.84 Å². The van der Waals surface area contributed by atoms with Gasteiger partial charge in [0.05, 0.1) is 7.11 Å². The number of carboxylic acids is 1. The van der Waals surface area contributed by atoms with Crippen molar-refractivity contribution in [3.05, 3.63) is 71.4 Å². The van der Waals surface area contributed by atoms with Gasteiger partial charge in [-0.25, -0.2) is 4.99 Å². The molecular weight excluding hydrogens is 320 g/mol. The van der Waals surface area contributed by atoms with Gasteiger partial charge in [0.25, 0.3) is 5.91 Å². The Labute approximate surface area is 144 Å². The van der Waals surface area contributed by atoms with Crippen molar-refractivity contribution in [1.29, 1.82) is 0 Å². The van der Waals surface area contributed by atoms with Crippen LogP contribution in [0.1, 0.15) is 11.1 Å². The van der Waals surface area contributed by atoms with Crippen LogP contribution < -0.4 is 4.74 Å². The average Bonchev–Trinajstić information content (AvgIpc) is 2.92. The first-order valence-corrected chi connectivity index (χ1v) is 7.62. The van der Waals surface area contributed by atoms with Crippen molar-refractivity contribution in [3.8, 4) is 5.75 Å². The summed E-state index contributed by atoms with van der Waals surface area (Å²) < 4.78 is 5.28. The summed E-state index contributed by atoms with van der Waals surface area (Å²) in [6.45, 7) is -0.449. The predicted molar refractivity (Wildman–Crippen MR) is 93.3 cm³/mol. The minimum atomic E-state index is -1.10. The molecule has 0 spiro atoms. The van der Waals surface area contributed by atoms with Gasteiger partial charge in [-0.3, -0.25) is 14.5 Å². The molecule has 1 N–H and O–H groups in total. The summed E-state index contributed by atoms with van der Waals surface area (Å²) in [7, 11) is 1.54. The van der Waals surface area contributed by atoms with Crippen molar-refractivity contribution in [2.45, 2.75) is 0 Å². The number of carboxylic acid groups (broad SMARTS) is 1. The van der Waals surface area contributed by atoms with E-state index < -0.39 is 18.4 Å². The molecule has 1 aliphatic rings. The van der Waals surface area contributed by atoms with Crippen LogP contribution in [-0.2, 0) is 9.59 Å². The van der Waals surface area contributed by atoms with E-state index in [-0.39, 0.29) is 5.70 Å². The number of hydrogen-bond donors (Lipinski definition) is 1. The molecule has 0 saturated heterocycles. The van der Waals surface area contributed by atoms with Crippen molar-refractivity contribution in [3.63, 3.8) is 0 Å². The zero-order valence-corrected chi connectivity index (χ0v) is 13.5. The number of carbonyl (C=O) groups excluding carboxylic acids is 1. The van der Waals surface area contributed by atoms with Crippen LogP contribution in [0.15, 0.2) is 65.3 Å². The van der Waals surface area contributed by atoms with Gasteiger partial charge in [-0.05, 0) is 12.1 Å². The maximum absolute atomic E-state index is 12.7. The Morgan fingerprint density at radius 3 is 2.52 bits per heavy atom. The topological polar surface area (TPSA) is 79.2 Å². The second kappa shape index (κ2) is 7.00. The van der Waals surface area contributed by atoms with Gasteiger partial charge >= 0.3 is 5.97 Å². The lowest BCUT2D eigenvalue weighted by Gasteiger charge is -2.15. The second-order valence-electron chi connectivity index (χ2n) is 5.36. The molecule has 3 rings (SSSR count). The van der Waals surface area contributed by atoms with Gasteiger partial charge in [-0.1, -0.05) is 48.5 Å². The van der Waals surface area contributed by atoms with E-state index in [2.05, 4.69) is 4.99 Å². The molecule has 126 valence electrons. The smallest absolute Gasteiger partial charge is 0.323 e. The van der Waals surface area contributed by atoms with Gasteiger partial charge in [0.15, 0.2) is 0 Å². The van der Waals surface area contributed by atoms with Gasteiger partial charge in [0, 0.05) is 11.1 Å². The van der Waals surface area contributed by atoms with Gasteiger partial charge in [-0.2, -0.15) is 0 Å². The third kappa shape index (κ3) is 3.42. The number of nitrogens with zero attached hydrogens (tertiary/aromatic N) is 2. The Morgan fingerprint density at radius 2 is 1.84 bits per heavy atom. The number of aliphatic carboxylic acids is 1. The first-order chi connectivity index (χ1) is 12.1. The van der Waals surface area contributed by atoms with Crippen LogP contribution in [0.4, 0.5) is 0 Å². The summed E-state index contributed by atoms with van der Waals surface area (Å²) in [6.07, 6.45) is 1.60. The van der Waals surface area contributed by atoms with Crippen LogP contribution in [-0.4, -0.2) is 41.4 Å². The molecule has 1 amide bonds. The maximum Gasteiger partial charge on any atom is 0.323 e. The summed E-state index contributed by atoms with van der Waals surface area (Å²) in [5, 5.41) is 9.13. The number of ether oxygens (including phenoxy) is 1. The number of carbonyl (C=O) groups is 2. The molecule has 0 unspecified atom stereocenters. The number of benzene rings is 2. The zero-order chi connectivity index (χ0) is 17.8. The fourth-order valence-electron chi connectivity index (χ4n) is 2.57. The summed E-state index contributed by atoms with van der Waals surface area (Å²) in [6, 6.07) is 16.3. The highest BCUT2D eigenvalue weighted by atomic mass is 16.5. The molecule has 6 nitrogen and oxygen atoms in total. The van der Waals surface area contributed by atoms with E-state index in [0.717, 1.165) is 0 Å². The number of hydrogen-bond acceptors (Lipinski definition) is 4. The summed E-state index contributed by atoms with van der Waals surface area (Å²) in [4.78, 5) is 29.4. The molecule has 25 heavy (non-hydrogen) atoms. The third-order valence-electron chi connectivity index (χ3n) is 3.70. The molecule has 0 atom stereocenters. The lowest BCUT2D eigenvalue weighted by molar-refractivity contribution is -0.140. The van der Waals surface area contributed by atoms with Crippen molar-refractivity contribution in [2.75, 3.05) is 13.7 Å². The van der Waals surface area contributed by atoms with Crippen molar-refractivity contribution >= 4 is 23.8 Å². The Balaban J connectivity index is 2.06. The van der Waals surface area contributed by atoms with Crippen LogP contribution in [0.25, 0.3) is 6.08 Å². The molecular formula is C19H16N2O4. The van der Waals surface area contributed by atoms with Gasteiger partial charge in [-0.15, -0.1) is 0 Å². The third-order valence-corrected chi connectivity index (χ3v) is 3.70. The SMILES string of the molecule is COc1ccccc1/C=C1/N=C(c2ccccc2)N(CC(=O)O)C1=O. The highest BCUT2D eigenvalue weighted by molar-refractivity contribution is 6.20. The molecule has 0 aromatic heterocycles. The van der Waals surface area contributed by atoms with Crippen molar-refractivity contribution < 1.29 is 19.4 Å². The largest absolute Gasteiger partial charge is 0.496 e. The van der Waals surface area contributed by atoms with E-state index in [0.29, 0.717) is 22.7 Å². The fourth-order valence-corrected chi connectivity index (χ4v) is 2.57. The highest BCUT2D eigenvalue weighted by Gasteiger charge is 2.32. The van der Waals surface area contributed by atoms with Gasteiger partial charge in [0.2, 0.25) is 0 Å². The van der Waals surface area contributed by atoms with Crippen LogP contribution in [0.3, 0.4) is 0 Å². The molecule has 2 aromatic rings. The van der Waals surface area contributed by atoms with E-state index in [1.807, 2.05) is 30.3 Å². The first-order valence-electron chi connectivity index (χ1n) is 7.62. The van der Waals surface area contributed by atoms with Crippen LogP contribution >= 0.6 is 0 Å². The van der Waals surface area contributed by atoms with Crippen LogP contribution in [0, 0.1) is 0 Å². The maximum atomic E-state index is 12.7. The molecule has 2 aromatic carbocycles. The summed E-state index contributed by atoms with van der Waals surface area (Å²) in [5.41, 5.74) is 1.55. The van der Waals surface area contributed by atoms with E-state index in [1.54, 1.807) is 37.5 Å². The summed E-state index contributed by atoms with van der Waals surface area (Å²) in [5.74, 6) is -0.618. The molecule has 1 heterocycles. The predicted octanol–water partition coefficient (Wildman–Crippen LogP) is 2.41. The lowest BCUT2D eigenvalue weighted by Crippen LogP contribution is -2.37. The molecule has 0 fully saturated rings. The van der Waals surface area contributed by atoms with Crippen molar-refractivity contribution in [2.24, 2.45) is 4.99 Å². The van der Waals surface area contributed by atoms with Crippen LogP contribution in [0.5, 0.6) is 5.75 Å². The van der Waals surface area contributed by atoms with E-state index in [9.17, 15) is 9.59 Å². The van der Waals surface area contributed by atoms with Crippen LogP contribution in [0.2, 0.25) is 0 Å².